The third kappa shape index (κ3) is 2.14. The molecule has 0 unspecified atom stereocenters. The molecule has 0 aliphatic carbocycles. The summed E-state index contributed by atoms with van der Waals surface area (Å²) in [4.78, 5) is 14.5. The summed E-state index contributed by atoms with van der Waals surface area (Å²) in [7, 11) is 0. The van der Waals surface area contributed by atoms with E-state index in [9.17, 15) is 4.79 Å². The summed E-state index contributed by atoms with van der Waals surface area (Å²) in [5.74, 6) is 0.700. The van der Waals surface area contributed by atoms with Gasteiger partial charge in [-0.15, -0.1) is 0 Å². The minimum Gasteiger partial charge on any atom is -0.440 e. The molecule has 110 valence electrons. The van der Waals surface area contributed by atoms with Crippen LogP contribution in [0.4, 0.5) is 5.88 Å². The number of anilines is 1. The molecule has 4 nitrogen and oxygen atoms in total. The Bertz CT molecular complexity index is 735. The van der Waals surface area contributed by atoms with Crippen molar-refractivity contribution in [3.8, 4) is 0 Å². The Labute approximate surface area is 123 Å². The van der Waals surface area contributed by atoms with Gasteiger partial charge in [-0.2, -0.15) is 0 Å². The van der Waals surface area contributed by atoms with E-state index in [0.29, 0.717) is 22.3 Å². The topological polar surface area (TPSA) is 42.7 Å². The molecule has 1 aromatic heterocycles. The van der Waals surface area contributed by atoms with Crippen LogP contribution in [0.1, 0.15) is 18.4 Å². The van der Waals surface area contributed by atoms with Gasteiger partial charge in [0.25, 0.3) is 0 Å². The van der Waals surface area contributed by atoms with E-state index in [1.807, 2.05) is 25.1 Å². The zero-order valence-corrected chi connectivity index (χ0v) is 12.2. The molecule has 1 aromatic carbocycles. The van der Waals surface area contributed by atoms with Gasteiger partial charge in [0.05, 0.1) is 18.6 Å². The maximum Gasteiger partial charge on any atom is 0.199 e. The number of piperidine rings is 1. The molecule has 4 heteroatoms. The van der Waals surface area contributed by atoms with Crippen molar-refractivity contribution in [2.45, 2.75) is 19.8 Å². The number of hydrogen-bond donors (Lipinski definition) is 0. The molecular weight excluding hydrogens is 266 g/mol. The molecule has 2 fully saturated rings. The molecule has 2 aromatic rings. The first kappa shape index (κ1) is 12.9. The average Bonchev–Trinajstić information content (AvgIpc) is 2.46. The van der Waals surface area contributed by atoms with Gasteiger partial charge in [-0.25, -0.2) is 0 Å². The van der Waals surface area contributed by atoms with E-state index < -0.39 is 0 Å². The molecule has 0 bridgehead atoms. The number of rotatable bonds is 1. The van der Waals surface area contributed by atoms with Crippen molar-refractivity contribution in [3.63, 3.8) is 0 Å². The van der Waals surface area contributed by atoms with Crippen LogP contribution in [0.5, 0.6) is 0 Å². The fourth-order valence-electron chi connectivity index (χ4n) is 3.29. The Morgan fingerprint density at radius 1 is 1.14 bits per heavy atom. The quantitative estimate of drug-likeness (QED) is 0.808. The van der Waals surface area contributed by atoms with Crippen LogP contribution in [-0.2, 0) is 4.74 Å². The summed E-state index contributed by atoms with van der Waals surface area (Å²) in [6.07, 6.45) is 2.23. The third-order valence-corrected chi connectivity index (χ3v) is 4.82. The molecule has 3 heterocycles. The van der Waals surface area contributed by atoms with E-state index >= 15 is 0 Å². The normalized spacial score (nSPS) is 20.7. The van der Waals surface area contributed by atoms with Crippen LogP contribution < -0.4 is 10.3 Å². The smallest absolute Gasteiger partial charge is 0.199 e. The molecule has 21 heavy (non-hydrogen) atoms. The van der Waals surface area contributed by atoms with Crippen LogP contribution in [0, 0.1) is 12.3 Å². The summed E-state index contributed by atoms with van der Waals surface area (Å²) < 4.78 is 11.3. The Morgan fingerprint density at radius 3 is 2.57 bits per heavy atom. The maximum absolute atomic E-state index is 12.3. The maximum atomic E-state index is 12.3. The Balaban J connectivity index is 1.65. The molecule has 0 N–H and O–H groups in total. The van der Waals surface area contributed by atoms with Crippen molar-refractivity contribution in [2.24, 2.45) is 5.41 Å². The molecular formula is C17H19NO3. The van der Waals surface area contributed by atoms with Gasteiger partial charge in [0, 0.05) is 24.6 Å². The van der Waals surface area contributed by atoms with Gasteiger partial charge in [-0.3, -0.25) is 4.79 Å². The molecule has 2 aliphatic rings. The monoisotopic (exact) mass is 285 g/mol. The van der Waals surface area contributed by atoms with Crippen molar-refractivity contribution < 1.29 is 9.15 Å². The van der Waals surface area contributed by atoms with Gasteiger partial charge >= 0.3 is 0 Å². The fraction of sp³-hybridized carbons (Fsp3) is 0.471. The molecule has 2 aliphatic heterocycles. The predicted molar refractivity (Wildman–Crippen MR) is 81.9 cm³/mol. The fourth-order valence-corrected chi connectivity index (χ4v) is 3.29. The second kappa shape index (κ2) is 4.60. The van der Waals surface area contributed by atoms with Crippen molar-refractivity contribution in [1.29, 1.82) is 0 Å². The molecule has 0 saturated carbocycles. The van der Waals surface area contributed by atoms with Gasteiger partial charge in [-0.1, -0.05) is 11.6 Å². The van der Waals surface area contributed by atoms with Gasteiger partial charge in [-0.05, 0) is 31.9 Å². The van der Waals surface area contributed by atoms with Gasteiger partial charge in [0.15, 0.2) is 11.3 Å². The summed E-state index contributed by atoms with van der Waals surface area (Å²) in [6, 6.07) is 7.39. The van der Waals surface area contributed by atoms with Gasteiger partial charge in [0.1, 0.15) is 5.58 Å². The van der Waals surface area contributed by atoms with Crippen LogP contribution in [0.3, 0.4) is 0 Å². The van der Waals surface area contributed by atoms with Crippen LogP contribution in [0.15, 0.2) is 33.5 Å². The first-order chi connectivity index (χ1) is 10.2. The second-order valence-electron chi connectivity index (χ2n) is 6.43. The second-order valence-corrected chi connectivity index (χ2v) is 6.43. The van der Waals surface area contributed by atoms with Crippen molar-refractivity contribution in [3.05, 3.63) is 40.1 Å². The third-order valence-electron chi connectivity index (χ3n) is 4.82. The standard InChI is InChI=1S/C17H19NO3/c1-12-2-3-15-13(8-12)14(19)9-16(21-15)18-6-4-17(5-7-18)10-20-11-17/h2-3,8-9H,4-7,10-11H2,1H3. The van der Waals surface area contributed by atoms with E-state index in [0.717, 1.165) is 44.7 Å². The van der Waals surface area contributed by atoms with Crippen LogP contribution in [0.2, 0.25) is 0 Å². The predicted octanol–water partition coefficient (Wildman–Crippen LogP) is 2.72. The van der Waals surface area contributed by atoms with E-state index in [1.165, 1.54) is 0 Å². The highest BCUT2D eigenvalue weighted by atomic mass is 16.5. The Kier molecular flexibility index (Phi) is 2.82. The minimum absolute atomic E-state index is 0.0437. The van der Waals surface area contributed by atoms with E-state index in [-0.39, 0.29) is 5.43 Å². The van der Waals surface area contributed by atoms with Gasteiger partial charge < -0.3 is 14.1 Å². The zero-order valence-electron chi connectivity index (χ0n) is 12.2. The Hall–Kier alpha value is -1.81. The van der Waals surface area contributed by atoms with Crippen LogP contribution >= 0.6 is 0 Å². The zero-order chi connectivity index (χ0) is 14.4. The summed E-state index contributed by atoms with van der Waals surface area (Å²) in [5.41, 5.74) is 2.19. The number of benzene rings is 1. The number of nitrogens with zero attached hydrogens (tertiary/aromatic N) is 1. The lowest BCUT2D eigenvalue weighted by atomic mass is 9.77. The van der Waals surface area contributed by atoms with E-state index in [2.05, 4.69) is 4.90 Å². The molecule has 0 amide bonds. The lowest BCUT2D eigenvalue weighted by molar-refractivity contribution is -0.124. The first-order valence-corrected chi connectivity index (χ1v) is 7.53. The van der Waals surface area contributed by atoms with Gasteiger partial charge in [0.2, 0.25) is 0 Å². The highest BCUT2D eigenvalue weighted by Crippen LogP contribution is 2.39. The highest BCUT2D eigenvalue weighted by Gasteiger charge is 2.41. The molecule has 0 atom stereocenters. The van der Waals surface area contributed by atoms with E-state index in [4.69, 9.17) is 9.15 Å². The molecule has 2 saturated heterocycles. The van der Waals surface area contributed by atoms with Crippen LogP contribution in [0.25, 0.3) is 11.0 Å². The van der Waals surface area contributed by atoms with Crippen molar-refractivity contribution in [1.82, 2.24) is 0 Å². The average molecular weight is 285 g/mol. The number of hydrogen-bond acceptors (Lipinski definition) is 4. The van der Waals surface area contributed by atoms with Crippen LogP contribution in [-0.4, -0.2) is 26.3 Å². The largest absolute Gasteiger partial charge is 0.440 e. The summed E-state index contributed by atoms with van der Waals surface area (Å²) >= 11 is 0. The van der Waals surface area contributed by atoms with Crippen molar-refractivity contribution in [2.75, 3.05) is 31.2 Å². The van der Waals surface area contributed by atoms with Crippen molar-refractivity contribution >= 4 is 16.9 Å². The lowest BCUT2D eigenvalue weighted by Gasteiger charge is -2.47. The number of aryl methyl sites for hydroxylation is 1. The molecule has 4 rings (SSSR count). The van der Waals surface area contributed by atoms with E-state index in [1.54, 1.807) is 6.07 Å². The highest BCUT2D eigenvalue weighted by molar-refractivity contribution is 5.78. The number of ether oxygens (including phenoxy) is 1. The SMILES string of the molecule is Cc1ccc2oc(N3CCC4(CC3)COC4)cc(=O)c2c1. The number of fused-ring (bicyclic) bond motifs is 1. The summed E-state index contributed by atoms with van der Waals surface area (Å²) in [5, 5.41) is 0.666. The molecule has 0 radical (unpaired) electrons. The lowest BCUT2D eigenvalue weighted by Crippen LogP contribution is -2.51. The minimum atomic E-state index is 0.0437. The summed E-state index contributed by atoms with van der Waals surface area (Å²) in [6.45, 7) is 5.63. The molecule has 1 spiro atoms. The first-order valence-electron chi connectivity index (χ1n) is 7.53. The Morgan fingerprint density at radius 2 is 1.90 bits per heavy atom.